The summed E-state index contributed by atoms with van der Waals surface area (Å²) in [5.74, 6) is -0.0801. The van der Waals surface area contributed by atoms with Crippen molar-refractivity contribution in [3.05, 3.63) is 0 Å². The van der Waals surface area contributed by atoms with Crippen LogP contribution in [-0.4, -0.2) is 83.9 Å². The number of carbonyl (C=O) groups excluding carboxylic acids is 2. The lowest BCUT2D eigenvalue weighted by atomic mass is 9.74. The molecule has 0 aromatic rings. The molecular weight excluding hydrogens is 418 g/mol. The van der Waals surface area contributed by atoms with Gasteiger partial charge in [0.15, 0.2) is 6.10 Å². The molecule has 9 heteroatoms. The van der Waals surface area contributed by atoms with E-state index in [2.05, 4.69) is 22.6 Å². The summed E-state index contributed by atoms with van der Waals surface area (Å²) in [5.41, 5.74) is 2.94. The minimum atomic E-state index is -1.01. The third kappa shape index (κ3) is 4.66. The van der Waals surface area contributed by atoms with Gasteiger partial charge >= 0.3 is 0 Å². The molecule has 5 rings (SSSR count). The molecule has 0 bridgehead atoms. The van der Waals surface area contributed by atoms with Gasteiger partial charge in [-0.1, -0.05) is 6.92 Å². The molecular formula is C23H36F2N4O3. The van der Waals surface area contributed by atoms with Crippen LogP contribution < -0.4 is 10.8 Å². The first-order chi connectivity index (χ1) is 15.4. The summed E-state index contributed by atoms with van der Waals surface area (Å²) >= 11 is 0. The molecule has 8 unspecified atom stereocenters. The lowest BCUT2D eigenvalue weighted by Crippen LogP contribution is -2.59. The predicted octanol–water partition coefficient (Wildman–Crippen LogP) is 1.71. The number of fused-ring (bicyclic) bond motifs is 1. The van der Waals surface area contributed by atoms with Crippen molar-refractivity contribution in [1.29, 1.82) is 0 Å². The van der Waals surface area contributed by atoms with E-state index in [9.17, 15) is 18.4 Å². The highest BCUT2D eigenvalue weighted by Gasteiger charge is 2.45. The summed E-state index contributed by atoms with van der Waals surface area (Å²) in [4.78, 5) is 35.1. The van der Waals surface area contributed by atoms with Crippen LogP contribution in [0.2, 0.25) is 0 Å². The number of rotatable bonds is 4. The zero-order chi connectivity index (χ0) is 22.4. The Hall–Kier alpha value is -1.32. The fraction of sp³-hybridized carbons (Fsp3) is 0.913. The number of carbonyl (C=O) groups is 2. The van der Waals surface area contributed by atoms with Crippen LogP contribution in [0.15, 0.2) is 0 Å². The number of nitrogens with one attached hydrogen (secondary N) is 2. The monoisotopic (exact) mass is 454 g/mol. The number of alkyl halides is 2. The Morgan fingerprint density at radius 1 is 1.06 bits per heavy atom. The number of hydrogen-bond acceptors (Lipinski definition) is 5. The van der Waals surface area contributed by atoms with Gasteiger partial charge in [-0.2, -0.15) is 5.48 Å². The van der Waals surface area contributed by atoms with Crippen molar-refractivity contribution < 1.29 is 23.2 Å². The molecule has 3 aliphatic carbocycles. The number of amides is 2. The van der Waals surface area contributed by atoms with Gasteiger partial charge in [0.25, 0.3) is 5.91 Å². The van der Waals surface area contributed by atoms with Gasteiger partial charge in [0.1, 0.15) is 12.3 Å². The molecule has 2 amide bonds. The van der Waals surface area contributed by atoms with Crippen LogP contribution in [0.4, 0.5) is 8.78 Å². The summed E-state index contributed by atoms with van der Waals surface area (Å²) in [5, 5.41) is 2.97. The van der Waals surface area contributed by atoms with Crippen molar-refractivity contribution in [3.8, 4) is 0 Å². The van der Waals surface area contributed by atoms with E-state index in [-0.39, 0.29) is 42.3 Å². The van der Waals surface area contributed by atoms with E-state index in [0.717, 1.165) is 25.8 Å². The van der Waals surface area contributed by atoms with Gasteiger partial charge in [0.2, 0.25) is 5.91 Å². The molecule has 0 spiro atoms. The first-order valence-electron chi connectivity index (χ1n) is 12.4. The Morgan fingerprint density at radius 2 is 1.88 bits per heavy atom. The second-order valence-electron chi connectivity index (χ2n) is 10.7. The third-order valence-electron chi connectivity index (χ3n) is 8.32. The smallest absolute Gasteiger partial charge is 0.251 e. The summed E-state index contributed by atoms with van der Waals surface area (Å²) in [6, 6.07) is -0.0141. The second kappa shape index (κ2) is 9.14. The van der Waals surface area contributed by atoms with E-state index < -0.39 is 18.4 Å². The van der Waals surface area contributed by atoms with Gasteiger partial charge in [0.05, 0.1) is 6.54 Å². The number of piperazine rings is 1. The third-order valence-corrected chi connectivity index (χ3v) is 8.32. The van der Waals surface area contributed by atoms with Crippen LogP contribution >= 0.6 is 0 Å². The van der Waals surface area contributed by atoms with Crippen LogP contribution in [0, 0.1) is 11.8 Å². The number of halogens is 2. The van der Waals surface area contributed by atoms with Gasteiger partial charge < -0.3 is 10.2 Å². The number of hydroxylamine groups is 1. The van der Waals surface area contributed by atoms with E-state index in [1.54, 1.807) is 0 Å². The molecule has 3 saturated carbocycles. The average Bonchev–Trinajstić information content (AvgIpc) is 3.61. The Balaban J connectivity index is 1.15. The maximum atomic E-state index is 14.6. The molecule has 180 valence electrons. The SMILES string of the molecule is CC1CCC(F)C2CC(C(=O)NC3CC(F)CC(N4CCN(C5CC5)C(=O)C4)C3)ONC12. The quantitative estimate of drug-likeness (QED) is 0.677. The molecule has 5 aliphatic rings. The maximum absolute atomic E-state index is 14.6. The van der Waals surface area contributed by atoms with Crippen molar-refractivity contribution in [3.63, 3.8) is 0 Å². The summed E-state index contributed by atoms with van der Waals surface area (Å²) in [6.07, 6.45) is 2.47. The summed E-state index contributed by atoms with van der Waals surface area (Å²) in [7, 11) is 0. The van der Waals surface area contributed by atoms with Crippen molar-refractivity contribution in [2.75, 3.05) is 19.6 Å². The van der Waals surface area contributed by atoms with E-state index in [1.165, 1.54) is 0 Å². The molecule has 2 heterocycles. The van der Waals surface area contributed by atoms with E-state index in [4.69, 9.17) is 4.84 Å². The van der Waals surface area contributed by atoms with Crippen LogP contribution in [0.1, 0.15) is 58.3 Å². The Bertz CT molecular complexity index is 723. The molecule has 2 N–H and O–H groups in total. The van der Waals surface area contributed by atoms with Crippen LogP contribution in [0.3, 0.4) is 0 Å². The van der Waals surface area contributed by atoms with Crippen molar-refractivity contribution in [2.45, 2.75) is 101 Å². The summed E-state index contributed by atoms with van der Waals surface area (Å²) in [6.45, 7) is 3.89. The molecule has 7 nitrogen and oxygen atoms in total. The largest absolute Gasteiger partial charge is 0.351 e. The molecule has 5 fully saturated rings. The summed E-state index contributed by atoms with van der Waals surface area (Å²) < 4.78 is 29.1. The van der Waals surface area contributed by atoms with Gasteiger partial charge in [-0.3, -0.25) is 19.3 Å². The fourth-order valence-electron chi connectivity index (χ4n) is 6.30. The van der Waals surface area contributed by atoms with E-state index in [1.807, 2.05) is 4.90 Å². The topological polar surface area (TPSA) is 73.9 Å². The first-order valence-corrected chi connectivity index (χ1v) is 12.4. The Labute approximate surface area is 188 Å². The molecule has 2 saturated heterocycles. The highest BCUT2D eigenvalue weighted by atomic mass is 19.1. The van der Waals surface area contributed by atoms with E-state index in [0.29, 0.717) is 50.7 Å². The lowest BCUT2D eigenvalue weighted by molar-refractivity contribution is -0.164. The fourth-order valence-corrected chi connectivity index (χ4v) is 6.30. The molecule has 0 aromatic heterocycles. The molecule has 0 radical (unpaired) electrons. The maximum Gasteiger partial charge on any atom is 0.251 e. The van der Waals surface area contributed by atoms with E-state index >= 15 is 0 Å². The molecule has 8 atom stereocenters. The van der Waals surface area contributed by atoms with Crippen LogP contribution in [0.25, 0.3) is 0 Å². The highest BCUT2D eigenvalue weighted by molar-refractivity contribution is 5.81. The normalized spacial score (nSPS) is 43.6. The zero-order valence-corrected chi connectivity index (χ0v) is 18.8. The van der Waals surface area contributed by atoms with Crippen molar-refractivity contribution in [1.82, 2.24) is 20.6 Å². The predicted molar refractivity (Wildman–Crippen MR) is 114 cm³/mol. The minimum Gasteiger partial charge on any atom is -0.351 e. The first kappa shape index (κ1) is 22.5. The van der Waals surface area contributed by atoms with Gasteiger partial charge in [-0.15, -0.1) is 0 Å². The average molecular weight is 455 g/mol. The molecule has 32 heavy (non-hydrogen) atoms. The Morgan fingerprint density at radius 3 is 2.62 bits per heavy atom. The molecule has 2 aliphatic heterocycles. The van der Waals surface area contributed by atoms with Crippen LogP contribution in [0.5, 0.6) is 0 Å². The second-order valence-corrected chi connectivity index (χ2v) is 10.7. The van der Waals surface area contributed by atoms with Crippen molar-refractivity contribution >= 4 is 11.8 Å². The Kier molecular flexibility index (Phi) is 6.42. The van der Waals surface area contributed by atoms with Crippen LogP contribution in [-0.2, 0) is 14.4 Å². The number of hydrogen-bond donors (Lipinski definition) is 2. The lowest BCUT2D eigenvalue weighted by Gasteiger charge is -2.45. The standard InChI is InChI=1S/C23H36F2N4O3/c1-13-2-5-19(25)18-11-20(32-27-22(13)18)23(31)26-15-8-14(24)9-17(10-15)28-6-7-29(16-3-4-16)21(30)12-28/h13-20,22,27H,2-12H2,1H3,(H,26,31). The minimum absolute atomic E-state index is 0.0569. The zero-order valence-electron chi connectivity index (χ0n) is 18.8. The molecule has 0 aromatic carbocycles. The van der Waals surface area contributed by atoms with Gasteiger partial charge in [0, 0.05) is 43.2 Å². The van der Waals surface area contributed by atoms with Gasteiger partial charge in [-0.25, -0.2) is 8.78 Å². The van der Waals surface area contributed by atoms with Crippen molar-refractivity contribution in [2.24, 2.45) is 11.8 Å². The van der Waals surface area contributed by atoms with Gasteiger partial charge in [-0.05, 0) is 57.3 Å². The number of nitrogens with zero attached hydrogens (tertiary/aromatic N) is 2. The highest BCUT2D eigenvalue weighted by Crippen LogP contribution is 2.37.